The number of halogens is 1. The summed E-state index contributed by atoms with van der Waals surface area (Å²) in [5.41, 5.74) is 0. The highest BCUT2D eigenvalue weighted by atomic mass is 35.5. The molecule has 1 fully saturated rings. The average Bonchev–Trinajstić information content (AvgIpc) is 3.07. The van der Waals surface area contributed by atoms with Crippen molar-refractivity contribution in [2.24, 2.45) is 5.10 Å². The van der Waals surface area contributed by atoms with Gasteiger partial charge >= 0.3 is 7.75 Å². The van der Waals surface area contributed by atoms with Gasteiger partial charge in [0, 0.05) is 24.2 Å². The monoisotopic (exact) mass is 397 g/mol. The lowest BCUT2D eigenvalue weighted by atomic mass is 10.5. The SMILES string of the molecule is CCOP(=O)(OCC)N1CCN(Cc2cnc(Cl)s2)/C1=N\[N+](=O)[O-]. The van der Waals surface area contributed by atoms with E-state index in [1.54, 1.807) is 24.9 Å². The second-order valence-corrected chi connectivity index (χ2v) is 8.20. The summed E-state index contributed by atoms with van der Waals surface area (Å²) in [5.74, 6) is -0.0604. The lowest BCUT2D eigenvalue weighted by Crippen LogP contribution is -2.33. The number of hydrogen-bond donors (Lipinski definition) is 0. The Labute approximate surface area is 147 Å². The third-order valence-corrected chi connectivity index (χ3v) is 6.26. The smallest absolute Gasteiger partial charge is 0.330 e. The Balaban J connectivity index is 2.29. The molecule has 1 aromatic rings. The highest BCUT2D eigenvalue weighted by Gasteiger charge is 2.44. The minimum Gasteiger partial charge on any atom is -0.330 e. The first-order valence-electron chi connectivity index (χ1n) is 7.15. The number of hydrazone groups is 1. The summed E-state index contributed by atoms with van der Waals surface area (Å²) >= 11 is 7.07. The topological polar surface area (TPSA) is 110 Å². The van der Waals surface area contributed by atoms with E-state index >= 15 is 0 Å². The van der Waals surface area contributed by atoms with Crippen LogP contribution in [0, 0.1) is 10.1 Å². The lowest BCUT2D eigenvalue weighted by Gasteiger charge is -2.26. The molecule has 24 heavy (non-hydrogen) atoms. The van der Waals surface area contributed by atoms with Crippen LogP contribution in [0.3, 0.4) is 0 Å². The Morgan fingerprint density at radius 2 is 2.12 bits per heavy atom. The fourth-order valence-electron chi connectivity index (χ4n) is 2.20. The molecular formula is C11H17ClN5O5PS. The van der Waals surface area contributed by atoms with Crippen LogP contribution < -0.4 is 0 Å². The molecule has 1 aliphatic heterocycles. The molecule has 1 aromatic heterocycles. The molecule has 0 bridgehead atoms. The largest absolute Gasteiger partial charge is 0.437 e. The standard InChI is InChI=1S/C11H17ClN5O5PS/c1-3-21-23(20,22-4-2)16-6-5-15(11(16)14-17(18)19)8-9-7-13-10(12)24-9/h7H,3-6,8H2,1-2H3/b14-11+. The average molecular weight is 398 g/mol. The van der Waals surface area contributed by atoms with E-state index < -0.39 is 12.8 Å². The Hall–Kier alpha value is -1.26. The van der Waals surface area contributed by atoms with Crippen LogP contribution in [0.5, 0.6) is 0 Å². The zero-order chi connectivity index (χ0) is 17.7. The minimum absolute atomic E-state index is 0.0604. The van der Waals surface area contributed by atoms with Crippen LogP contribution in [0.1, 0.15) is 18.7 Å². The normalized spacial score (nSPS) is 17.0. The van der Waals surface area contributed by atoms with Crippen LogP contribution in [0.4, 0.5) is 0 Å². The van der Waals surface area contributed by atoms with Gasteiger partial charge < -0.3 is 4.90 Å². The minimum atomic E-state index is -3.70. The van der Waals surface area contributed by atoms with Gasteiger partial charge in [-0.05, 0) is 13.8 Å². The Morgan fingerprint density at radius 1 is 1.46 bits per heavy atom. The third-order valence-electron chi connectivity index (χ3n) is 3.02. The predicted molar refractivity (Wildman–Crippen MR) is 89.5 cm³/mol. The molecule has 13 heteroatoms. The highest BCUT2D eigenvalue weighted by Crippen LogP contribution is 2.53. The van der Waals surface area contributed by atoms with Crippen molar-refractivity contribution in [2.45, 2.75) is 20.4 Å². The van der Waals surface area contributed by atoms with Crippen LogP contribution in [-0.2, 0) is 20.2 Å². The van der Waals surface area contributed by atoms with Crippen molar-refractivity contribution in [3.63, 3.8) is 0 Å². The van der Waals surface area contributed by atoms with Gasteiger partial charge in [0.15, 0.2) is 9.50 Å². The van der Waals surface area contributed by atoms with Crippen LogP contribution in [-0.4, -0.2) is 51.8 Å². The van der Waals surface area contributed by atoms with Crippen molar-refractivity contribution < 1.29 is 18.6 Å². The second kappa shape index (κ2) is 8.21. The lowest BCUT2D eigenvalue weighted by molar-refractivity contribution is -0.486. The molecule has 0 aromatic carbocycles. The van der Waals surface area contributed by atoms with Gasteiger partial charge in [-0.15, -0.1) is 11.3 Å². The van der Waals surface area contributed by atoms with E-state index in [1.165, 1.54) is 16.0 Å². The van der Waals surface area contributed by atoms with Crippen LogP contribution in [0.2, 0.25) is 4.47 Å². The summed E-state index contributed by atoms with van der Waals surface area (Å²) in [7, 11) is -3.70. The van der Waals surface area contributed by atoms with Crippen molar-refractivity contribution in [3.8, 4) is 0 Å². The molecule has 0 spiro atoms. The molecule has 0 aliphatic carbocycles. The second-order valence-electron chi connectivity index (χ2n) is 4.57. The van der Waals surface area contributed by atoms with E-state index in [4.69, 9.17) is 20.6 Å². The van der Waals surface area contributed by atoms with Gasteiger partial charge in [0.2, 0.25) is 0 Å². The maximum absolute atomic E-state index is 12.9. The van der Waals surface area contributed by atoms with Crippen LogP contribution >= 0.6 is 30.7 Å². The summed E-state index contributed by atoms with van der Waals surface area (Å²) in [4.78, 5) is 17.3. The third kappa shape index (κ3) is 4.42. The first-order chi connectivity index (χ1) is 11.4. The summed E-state index contributed by atoms with van der Waals surface area (Å²) in [6.45, 7) is 4.55. The number of nitro groups is 1. The molecule has 0 saturated carbocycles. The molecule has 1 aliphatic rings. The van der Waals surface area contributed by atoms with Crippen molar-refractivity contribution >= 4 is 36.6 Å². The van der Waals surface area contributed by atoms with Gasteiger partial charge in [0.05, 0.1) is 19.8 Å². The molecule has 0 amide bonds. The molecule has 10 nitrogen and oxygen atoms in total. The van der Waals surface area contributed by atoms with Crippen molar-refractivity contribution in [3.05, 3.63) is 25.7 Å². The quantitative estimate of drug-likeness (QED) is 0.374. The number of thiazole rings is 1. The Bertz CT molecular complexity index is 661. The Kier molecular flexibility index (Phi) is 6.53. The zero-order valence-corrected chi connectivity index (χ0v) is 15.6. The van der Waals surface area contributed by atoms with E-state index in [2.05, 4.69) is 10.1 Å². The predicted octanol–water partition coefficient (Wildman–Crippen LogP) is 2.64. The van der Waals surface area contributed by atoms with E-state index in [0.29, 0.717) is 17.6 Å². The highest BCUT2D eigenvalue weighted by molar-refractivity contribution is 7.52. The molecule has 0 atom stereocenters. The van der Waals surface area contributed by atoms with E-state index in [0.717, 1.165) is 4.88 Å². The van der Waals surface area contributed by atoms with Gasteiger partial charge in [-0.3, -0.25) is 9.05 Å². The van der Waals surface area contributed by atoms with Gasteiger partial charge in [0.1, 0.15) is 5.10 Å². The van der Waals surface area contributed by atoms with Gasteiger partial charge in [-0.25, -0.2) is 24.3 Å². The molecule has 1 saturated heterocycles. The molecule has 0 unspecified atom stereocenters. The molecular weight excluding hydrogens is 381 g/mol. The molecule has 0 radical (unpaired) electrons. The van der Waals surface area contributed by atoms with Crippen LogP contribution in [0.15, 0.2) is 11.3 Å². The summed E-state index contributed by atoms with van der Waals surface area (Å²) < 4.78 is 25.1. The van der Waals surface area contributed by atoms with Crippen molar-refractivity contribution in [2.75, 3.05) is 26.3 Å². The molecule has 134 valence electrons. The molecule has 2 heterocycles. The van der Waals surface area contributed by atoms with E-state index in [1.807, 2.05) is 0 Å². The maximum atomic E-state index is 12.9. The van der Waals surface area contributed by atoms with Gasteiger partial charge in [-0.1, -0.05) is 11.6 Å². The van der Waals surface area contributed by atoms with Crippen molar-refractivity contribution in [1.29, 1.82) is 0 Å². The number of guanidine groups is 1. The number of rotatable bonds is 8. The van der Waals surface area contributed by atoms with Crippen molar-refractivity contribution in [1.82, 2.24) is 14.6 Å². The number of hydrogen-bond acceptors (Lipinski definition) is 7. The van der Waals surface area contributed by atoms with Gasteiger partial charge in [-0.2, -0.15) is 0 Å². The summed E-state index contributed by atoms with van der Waals surface area (Å²) in [6, 6.07) is 0. The van der Waals surface area contributed by atoms with E-state index in [9.17, 15) is 14.7 Å². The number of aromatic nitrogens is 1. The fraction of sp³-hybridized carbons (Fsp3) is 0.636. The maximum Gasteiger partial charge on any atom is 0.437 e. The molecule has 2 rings (SSSR count). The molecule has 0 N–H and O–H groups in total. The zero-order valence-electron chi connectivity index (χ0n) is 13.1. The summed E-state index contributed by atoms with van der Waals surface area (Å²) in [6.07, 6.45) is 1.59. The van der Waals surface area contributed by atoms with E-state index in [-0.39, 0.29) is 25.7 Å². The van der Waals surface area contributed by atoms with Crippen LogP contribution in [0.25, 0.3) is 0 Å². The Morgan fingerprint density at radius 3 is 2.62 bits per heavy atom. The number of nitrogens with zero attached hydrogens (tertiary/aromatic N) is 5. The first-order valence-corrected chi connectivity index (χ1v) is 9.84. The fourth-order valence-corrected chi connectivity index (χ4v) is 4.92. The van der Waals surface area contributed by atoms with Gasteiger partial charge in [0.25, 0.3) is 5.96 Å². The summed E-state index contributed by atoms with van der Waals surface area (Å²) in [5, 5.41) is 13.5. The first kappa shape index (κ1) is 19.1.